The first-order chi connectivity index (χ1) is 15.1. The summed E-state index contributed by atoms with van der Waals surface area (Å²) in [6.07, 6.45) is 2.31. The zero-order chi connectivity index (χ0) is 22.1. The average molecular weight is 434 g/mol. The van der Waals surface area contributed by atoms with Crippen LogP contribution in [-0.4, -0.2) is 92.2 Å². The Morgan fingerprint density at radius 1 is 1.06 bits per heavy atom. The van der Waals surface area contributed by atoms with Crippen molar-refractivity contribution >= 4 is 5.96 Å². The molecule has 2 aliphatic rings. The Bertz CT molecular complexity index is 675. The van der Waals surface area contributed by atoms with Crippen LogP contribution in [0.25, 0.3) is 0 Å². The van der Waals surface area contributed by atoms with Crippen LogP contribution in [0, 0.1) is 5.82 Å². The number of hydrogen-bond donors (Lipinski definition) is 1. The molecule has 2 unspecified atom stereocenters. The zero-order valence-corrected chi connectivity index (χ0v) is 19.5. The molecular formula is C24H40FN5O. The minimum Gasteiger partial charge on any atom is -0.367 e. The van der Waals surface area contributed by atoms with Crippen LogP contribution >= 0.6 is 0 Å². The topological polar surface area (TPSA) is 43.3 Å². The number of benzene rings is 1. The minimum atomic E-state index is -0.216. The van der Waals surface area contributed by atoms with Crippen molar-refractivity contribution in [3.05, 3.63) is 35.6 Å². The molecule has 2 aliphatic heterocycles. The summed E-state index contributed by atoms with van der Waals surface area (Å²) in [4.78, 5) is 12.3. The summed E-state index contributed by atoms with van der Waals surface area (Å²) in [5.41, 5.74) is 1.01. The SMILES string of the molecule is CCNC(=NCCCCN1CCN(CC)CC1)N1CC(C)OC(c2ccc(F)cc2)C1. The van der Waals surface area contributed by atoms with E-state index in [1.165, 1.54) is 51.3 Å². The number of guanidine groups is 1. The first-order valence-corrected chi connectivity index (χ1v) is 12.0. The van der Waals surface area contributed by atoms with Crippen LogP contribution in [0.3, 0.4) is 0 Å². The van der Waals surface area contributed by atoms with Gasteiger partial charge in [-0.25, -0.2) is 4.39 Å². The third-order valence-electron chi connectivity index (χ3n) is 6.19. The average Bonchev–Trinajstić information content (AvgIpc) is 2.78. The number of morpholine rings is 1. The van der Waals surface area contributed by atoms with Gasteiger partial charge < -0.3 is 24.8 Å². The van der Waals surface area contributed by atoms with Gasteiger partial charge in [-0.3, -0.25) is 4.99 Å². The van der Waals surface area contributed by atoms with Gasteiger partial charge in [0.1, 0.15) is 11.9 Å². The Morgan fingerprint density at radius 3 is 2.45 bits per heavy atom. The molecular weight excluding hydrogens is 393 g/mol. The Balaban J connectivity index is 1.49. The van der Waals surface area contributed by atoms with Crippen molar-refractivity contribution < 1.29 is 9.13 Å². The first-order valence-electron chi connectivity index (χ1n) is 12.0. The molecule has 2 saturated heterocycles. The number of ether oxygens (including phenoxy) is 1. The smallest absolute Gasteiger partial charge is 0.194 e. The van der Waals surface area contributed by atoms with Crippen LogP contribution in [-0.2, 0) is 4.74 Å². The van der Waals surface area contributed by atoms with Gasteiger partial charge in [-0.15, -0.1) is 0 Å². The van der Waals surface area contributed by atoms with Gasteiger partial charge in [-0.1, -0.05) is 19.1 Å². The number of halogens is 1. The summed E-state index contributed by atoms with van der Waals surface area (Å²) in [7, 11) is 0. The van der Waals surface area contributed by atoms with E-state index in [2.05, 4.69) is 40.8 Å². The van der Waals surface area contributed by atoms with Gasteiger partial charge in [0.25, 0.3) is 0 Å². The monoisotopic (exact) mass is 433 g/mol. The molecule has 174 valence electrons. The summed E-state index contributed by atoms with van der Waals surface area (Å²) in [5, 5.41) is 3.45. The normalized spacial score (nSPS) is 23.9. The van der Waals surface area contributed by atoms with Crippen molar-refractivity contribution in [2.24, 2.45) is 4.99 Å². The quantitative estimate of drug-likeness (QED) is 0.388. The Morgan fingerprint density at radius 2 is 1.77 bits per heavy atom. The summed E-state index contributed by atoms with van der Waals surface area (Å²) in [6.45, 7) is 16.8. The van der Waals surface area contributed by atoms with Crippen molar-refractivity contribution in [1.29, 1.82) is 0 Å². The summed E-state index contributed by atoms with van der Waals surface area (Å²) in [6, 6.07) is 6.65. The van der Waals surface area contributed by atoms with Crippen LogP contribution in [0.2, 0.25) is 0 Å². The van der Waals surface area contributed by atoms with Crippen LogP contribution in [0.4, 0.5) is 4.39 Å². The van der Waals surface area contributed by atoms with Crippen LogP contribution < -0.4 is 5.32 Å². The van der Waals surface area contributed by atoms with Crippen molar-refractivity contribution in [2.45, 2.75) is 45.8 Å². The van der Waals surface area contributed by atoms with Gasteiger partial charge >= 0.3 is 0 Å². The highest BCUT2D eigenvalue weighted by atomic mass is 19.1. The molecule has 0 radical (unpaired) electrons. The van der Waals surface area contributed by atoms with Crippen molar-refractivity contribution in [1.82, 2.24) is 20.0 Å². The predicted octanol–water partition coefficient (Wildman–Crippen LogP) is 2.97. The lowest BCUT2D eigenvalue weighted by Gasteiger charge is -2.38. The molecule has 7 heteroatoms. The van der Waals surface area contributed by atoms with Gasteiger partial charge in [-0.05, 0) is 57.5 Å². The van der Waals surface area contributed by atoms with E-state index in [1.807, 2.05) is 12.1 Å². The number of aliphatic imine (C=N–C) groups is 1. The highest BCUT2D eigenvalue weighted by molar-refractivity contribution is 5.80. The van der Waals surface area contributed by atoms with Crippen LogP contribution in [0.1, 0.15) is 45.3 Å². The number of hydrogen-bond acceptors (Lipinski definition) is 4. The van der Waals surface area contributed by atoms with E-state index in [4.69, 9.17) is 9.73 Å². The van der Waals surface area contributed by atoms with Gasteiger partial charge in [-0.2, -0.15) is 0 Å². The maximum absolute atomic E-state index is 13.3. The molecule has 0 bridgehead atoms. The molecule has 2 atom stereocenters. The van der Waals surface area contributed by atoms with Crippen LogP contribution in [0.5, 0.6) is 0 Å². The maximum atomic E-state index is 13.3. The van der Waals surface area contributed by atoms with Crippen molar-refractivity contribution in [2.75, 3.05) is 65.4 Å². The molecule has 0 aliphatic carbocycles. The second-order valence-corrected chi connectivity index (χ2v) is 8.61. The molecule has 1 aromatic carbocycles. The zero-order valence-electron chi connectivity index (χ0n) is 19.5. The van der Waals surface area contributed by atoms with E-state index in [9.17, 15) is 4.39 Å². The third-order valence-corrected chi connectivity index (χ3v) is 6.19. The number of nitrogens with one attached hydrogen (secondary N) is 1. The number of rotatable bonds is 8. The fourth-order valence-electron chi connectivity index (χ4n) is 4.37. The van der Waals surface area contributed by atoms with Gasteiger partial charge in [0, 0.05) is 45.8 Å². The second-order valence-electron chi connectivity index (χ2n) is 8.61. The van der Waals surface area contributed by atoms with E-state index in [0.29, 0.717) is 0 Å². The molecule has 6 nitrogen and oxygen atoms in total. The minimum absolute atomic E-state index is 0.0741. The highest BCUT2D eigenvalue weighted by Crippen LogP contribution is 2.25. The molecule has 2 fully saturated rings. The molecule has 3 rings (SSSR count). The van der Waals surface area contributed by atoms with Gasteiger partial charge in [0.2, 0.25) is 0 Å². The number of nitrogens with zero attached hydrogens (tertiary/aromatic N) is 4. The number of unbranched alkanes of at least 4 members (excludes halogenated alkanes) is 1. The Hall–Kier alpha value is -1.70. The first kappa shape index (κ1) is 24.0. The molecule has 0 saturated carbocycles. The summed E-state index contributed by atoms with van der Waals surface area (Å²) in [5.74, 6) is 0.743. The van der Waals surface area contributed by atoms with Gasteiger partial charge in [0.05, 0.1) is 12.6 Å². The molecule has 2 heterocycles. The van der Waals surface area contributed by atoms with Crippen molar-refractivity contribution in [3.63, 3.8) is 0 Å². The lowest BCUT2D eigenvalue weighted by Crippen LogP contribution is -2.50. The van der Waals surface area contributed by atoms with Crippen LogP contribution in [0.15, 0.2) is 29.3 Å². The largest absolute Gasteiger partial charge is 0.367 e. The summed E-state index contributed by atoms with van der Waals surface area (Å²) >= 11 is 0. The molecule has 0 amide bonds. The predicted molar refractivity (Wildman–Crippen MR) is 125 cm³/mol. The molecule has 0 aromatic heterocycles. The van der Waals surface area contributed by atoms with E-state index in [1.54, 1.807) is 0 Å². The standard InChI is InChI=1S/C24H40FN5O/c1-4-26-24(27-12-6-7-13-29-16-14-28(5-2)15-17-29)30-18-20(3)31-23(19-30)21-8-10-22(25)11-9-21/h8-11,20,23H,4-7,12-19H2,1-3H3,(H,26,27). The van der Waals surface area contributed by atoms with E-state index in [0.717, 1.165) is 50.7 Å². The lowest BCUT2D eigenvalue weighted by molar-refractivity contribution is -0.0605. The molecule has 1 N–H and O–H groups in total. The van der Waals surface area contributed by atoms with E-state index < -0.39 is 0 Å². The second kappa shape index (κ2) is 12.4. The van der Waals surface area contributed by atoms with E-state index in [-0.39, 0.29) is 18.0 Å². The Labute approximate surface area is 187 Å². The number of likely N-dealkylation sites (N-methyl/N-ethyl adjacent to an activating group) is 1. The lowest BCUT2D eigenvalue weighted by atomic mass is 10.1. The Kier molecular flexibility index (Phi) is 9.55. The highest BCUT2D eigenvalue weighted by Gasteiger charge is 2.28. The fourth-order valence-corrected chi connectivity index (χ4v) is 4.37. The van der Waals surface area contributed by atoms with Gasteiger partial charge in [0.15, 0.2) is 5.96 Å². The fraction of sp³-hybridized carbons (Fsp3) is 0.708. The summed E-state index contributed by atoms with van der Waals surface area (Å²) < 4.78 is 19.4. The maximum Gasteiger partial charge on any atom is 0.194 e. The van der Waals surface area contributed by atoms with Crippen molar-refractivity contribution in [3.8, 4) is 0 Å². The number of piperazine rings is 1. The molecule has 0 spiro atoms. The third kappa shape index (κ3) is 7.44. The molecule has 1 aromatic rings. The van der Waals surface area contributed by atoms with E-state index >= 15 is 0 Å². The molecule has 31 heavy (non-hydrogen) atoms.